The van der Waals surface area contributed by atoms with Gasteiger partial charge in [-0.05, 0) is 17.7 Å². The Labute approximate surface area is 109 Å². The van der Waals surface area contributed by atoms with Gasteiger partial charge in [-0.25, -0.2) is 0 Å². The highest BCUT2D eigenvalue weighted by molar-refractivity contribution is 9.10. The van der Waals surface area contributed by atoms with Crippen LogP contribution < -0.4 is 5.73 Å². The van der Waals surface area contributed by atoms with Gasteiger partial charge in [0.1, 0.15) is 0 Å². The third kappa shape index (κ3) is 3.18. The monoisotopic (exact) mass is 307 g/mol. The molecule has 1 aromatic carbocycles. The topological polar surface area (TPSA) is 44.5 Å². The maximum absolute atomic E-state index is 5.87. The molecule has 0 saturated carbocycles. The van der Waals surface area contributed by atoms with Crippen molar-refractivity contribution < 1.29 is 9.47 Å². The van der Waals surface area contributed by atoms with Crippen molar-refractivity contribution in [2.24, 2.45) is 5.73 Å². The maximum Gasteiger partial charge on any atom is 0.183 e. The van der Waals surface area contributed by atoms with Crippen molar-refractivity contribution in [3.05, 3.63) is 33.3 Å². The molecule has 0 aromatic heterocycles. The fourth-order valence-electron chi connectivity index (χ4n) is 1.42. The van der Waals surface area contributed by atoms with Gasteiger partial charge in [0.2, 0.25) is 0 Å². The molecule has 0 fully saturated rings. The van der Waals surface area contributed by atoms with Crippen molar-refractivity contribution in [1.29, 1.82) is 0 Å². The molecule has 0 aliphatic rings. The average Bonchev–Trinajstić information content (AvgIpc) is 2.29. The van der Waals surface area contributed by atoms with Gasteiger partial charge in [0.05, 0.1) is 0 Å². The molecule has 0 radical (unpaired) electrons. The van der Waals surface area contributed by atoms with Gasteiger partial charge in [-0.2, -0.15) is 0 Å². The summed E-state index contributed by atoms with van der Waals surface area (Å²) in [5.41, 5.74) is 6.71. The average molecular weight is 309 g/mol. The molecule has 0 bridgehead atoms. The highest BCUT2D eigenvalue weighted by atomic mass is 79.9. The van der Waals surface area contributed by atoms with Crippen LogP contribution in [0.5, 0.6) is 0 Å². The van der Waals surface area contributed by atoms with Crippen LogP contribution >= 0.6 is 27.5 Å². The van der Waals surface area contributed by atoms with Crippen molar-refractivity contribution in [1.82, 2.24) is 0 Å². The minimum Gasteiger partial charge on any atom is -0.352 e. The number of nitrogens with two attached hydrogens (primary N) is 1. The van der Waals surface area contributed by atoms with Gasteiger partial charge in [-0.1, -0.05) is 33.6 Å². The molecule has 0 atom stereocenters. The van der Waals surface area contributed by atoms with E-state index in [9.17, 15) is 0 Å². The summed E-state index contributed by atoms with van der Waals surface area (Å²) in [5, 5.41) is 0.684. The number of rotatable bonds is 5. The number of hydrogen-bond donors (Lipinski definition) is 1. The Morgan fingerprint density at radius 1 is 1.38 bits per heavy atom. The van der Waals surface area contributed by atoms with Crippen LogP contribution in [0.3, 0.4) is 0 Å². The number of methoxy groups -OCH3 is 2. The number of ether oxygens (including phenoxy) is 2. The summed E-state index contributed by atoms with van der Waals surface area (Å²) < 4.78 is 11.6. The molecule has 3 nitrogen and oxygen atoms in total. The summed E-state index contributed by atoms with van der Waals surface area (Å²) in [4.78, 5) is 0. The van der Waals surface area contributed by atoms with Gasteiger partial charge >= 0.3 is 0 Å². The first-order chi connectivity index (χ1) is 7.56. The molecule has 0 aliphatic heterocycles. The number of halogens is 2. The van der Waals surface area contributed by atoms with Crippen LogP contribution in [-0.2, 0) is 15.9 Å². The molecule has 1 rings (SSSR count). The first kappa shape index (κ1) is 13.9. The van der Waals surface area contributed by atoms with E-state index >= 15 is 0 Å². The zero-order valence-electron chi connectivity index (χ0n) is 9.30. The summed E-state index contributed by atoms with van der Waals surface area (Å²) in [7, 11) is 3.17. The molecule has 2 N–H and O–H groups in total. The van der Waals surface area contributed by atoms with Gasteiger partial charge in [-0.3, -0.25) is 0 Å². The van der Waals surface area contributed by atoms with Crippen molar-refractivity contribution >= 4 is 27.5 Å². The third-order valence-electron chi connectivity index (χ3n) is 2.53. The zero-order chi connectivity index (χ0) is 12.2. The quantitative estimate of drug-likeness (QED) is 0.850. The Morgan fingerprint density at radius 3 is 2.44 bits per heavy atom. The molecule has 0 amide bonds. The van der Waals surface area contributed by atoms with Crippen LogP contribution in [0.25, 0.3) is 0 Å². The molecule has 1 aromatic rings. The first-order valence-electron chi connectivity index (χ1n) is 4.81. The summed E-state index contributed by atoms with van der Waals surface area (Å²) in [6.45, 7) is 0.287. The molecule has 0 unspecified atom stereocenters. The molecule has 90 valence electrons. The Bertz CT molecular complexity index is 348. The van der Waals surface area contributed by atoms with Gasteiger partial charge in [0.15, 0.2) is 5.79 Å². The standard InChI is InChI=1S/C11H15BrClNO2/c1-15-11(7-14,16-2)6-8-3-4-9(13)5-10(8)12/h3-5H,6-7,14H2,1-2H3. The fraction of sp³-hybridized carbons (Fsp3) is 0.455. The summed E-state index contributed by atoms with van der Waals surface area (Å²) >= 11 is 9.32. The zero-order valence-corrected chi connectivity index (χ0v) is 11.6. The first-order valence-corrected chi connectivity index (χ1v) is 5.98. The van der Waals surface area contributed by atoms with E-state index in [4.69, 9.17) is 26.8 Å². The van der Waals surface area contributed by atoms with Crippen LogP contribution in [-0.4, -0.2) is 26.6 Å². The van der Waals surface area contributed by atoms with Gasteiger partial charge in [0.25, 0.3) is 0 Å². The van der Waals surface area contributed by atoms with Gasteiger partial charge in [-0.15, -0.1) is 0 Å². The van der Waals surface area contributed by atoms with Crippen LogP contribution in [0.1, 0.15) is 5.56 Å². The molecule has 0 aliphatic carbocycles. The predicted octanol–water partition coefficient (Wildman–Crippen LogP) is 2.59. The lowest BCUT2D eigenvalue weighted by molar-refractivity contribution is -0.197. The number of benzene rings is 1. The summed E-state index contributed by atoms with van der Waals surface area (Å²) in [5.74, 6) is -0.781. The minimum absolute atomic E-state index is 0.287. The van der Waals surface area contributed by atoms with Crippen molar-refractivity contribution in [2.45, 2.75) is 12.2 Å². The van der Waals surface area contributed by atoms with E-state index < -0.39 is 5.79 Å². The van der Waals surface area contributed by atoms with Crippen LogP contribution in [0.4, 0.5) is 0 Å². The van der Waals surface area contributed by atoms with Gasteiger partial charge in [0, 0.05) is 36.7 Å². The van der Waals surface area contributed by atoms with E-state index in [1.807, 2.05) is 18.2 Å². The SMILES string of the molecule is COC(CN)(Cc1ccc(Cl)cc1Br)OC. The van der Waals surface area contributed by atoms with Crippen molar-refractivity contribution in [3.63, 3.8) is 0 Å². The van der Waals surface area contributed by atoms with Crippen LogP contribution in [0.2, 0.25) is 5.02 Å². The molecular weight excluding hydrogens is 293 g/mol. The second-order valence-electron chi connectivity index (χ2n) is 3.44. The van der Waals surface area contributed by atoms with Crippen molar-refractivity contribution in [2.75, 3.05) is 20.8 Å². The highest BCUT2D eigenvalue weighted by Crippen LogP contribution is 2.26. The lowest BCUT2D eigenvalue weighted by Crippen LogP contribution is -2.43. The lowest BCUT2D eigenvalue weighted by atomic mass is 10.1. The minimum atomic E-state index is -0.781. The van der Waals surface area contributed by atoms with E-state index in [1.54, 1.807) is 14.2 Å². The Hall–Kier alpha value is -0.130. The largest absolute Gasteiger partial charge is 0.352 e. The normalized spacial score (nSPS) is 11.8. The maximum atomic E-state index is 5.87. The molecule has 0 spiro atoms. The predicted molar refractivity (Wildman–Crippen MR) is 68.7 cm³/mol. The lowest BCUT2D eigenvalue weighted by Gasteiger charge is -2.29. The van der Waals surface area contributed by atoms with E-state index in [-0.39, 0.29) is 6.54 Å². The van der Waals surface area contributed by atoms with Crippen molar-refractivity contribution in [3.8, 4) is 0 Å². The van der Waals surface area contributed by atoms with E-state index in [2.05, 4.69) is 15.9 Å². The van der Waals surface area contributed by atoms with Crippen LogP contribution in [0.15, 0.2) is 22.7 Å². The second-order valence-corrected chi connectivity index (χ2v) is 4.73. The van der Waals surface area contributed by atoms with E-state index in [0.717, 1.165) is 10.0 Å². The smallest absolute Gasteiger partial charge is 0.183 e. The summed E-state index contributed by atoms with van der Waals surface area (Å²) in [6, 6.07) is 5.59. The van der Waals surface area contributed by atoms with E-state index in [0.29, 0.717) is 11.4 Å². The van der Waals surface area contributed by atoms with Crippen LogP contribution in [0, 0.1) is 0 Å². The third-order valence-corrected chi connectivity index (χ3v) is 3.50. The molecule has 5 heteroatoms. The summed E-state index contributed by atoms with van der Waals surface area (Å²) in [6.07, 6.45) is 0.564. The Kier molecular flexibility index (Phi) is 5.21. The second kappa shape index (κ2) is 5.98. The highest BCUT2D eigenvalue weighted by Gasteiger charge is 2.28. The molecule has 16 heavy (non-hydrogen) atoms. The molecular formula is C11H15BrClNO2. The molecule has 0 saturated heterocycles. The Morgan fingerprint density at radius 2 is 2.00 bits per heavy atom. The number of hydrogen-bond acceptors (Lipinski definition) is 3. The van der Waals surface area contributed by atoms with E-state index in [1.165, 1.54) is 0 Å². The fourth-order valence-corrected chi connectivity index (χ4v) is 2.24. The van der Waals surface area contributed by atoms with Gasteiger partial charge < -0.3 is 15.2 Å². The molecule has 0 heterocycles. The Balaban J connectivity index is 2.93.